The number of nitrogens with one attached hydrogen (secondary N) is 1. The smallest absolute Gasteiger partial charge is 0.276 e. The number of rotatable bonds is 3. The summed E-state index contributed by atoms with van der Waals surface area (Å²) in [4.78, 5) is 24.7. The lowest BCUT2D eigenvalue weighted by atomic mass is 9.98. The Bertz CT molecular complexity index is 1100. The molecule has 0 atom stereocenters. The topological polar surface area (TPSA) is 90.0 Å². The van der Waals surface area contributed by atoms with Crippen LogP contribution in [0.25, 0.3) is 11.1 Å². The maximum atomic E-state index is 12.7. The van der Waals surface area contributed by atoms with Gasteiger partial charge in [-0.25, -0.2) is 0 Å². The van der Waals surface area contributed by atoms with Crippen LogP contribution in [0.5, 0.6) is 0 Å². The van der Waals surface area contributed by atoms with Gasteiger partial charge in [0, 0.05) is 30.3 Å². The number of carbonyl (C=O) groups excluding carboxylic acids is 2. The van der Waals surface area contributed by atoms with Crippen LogP contribution in [0, 0.1) is 6.92 Å². The second kappa shape index (κ2) is 7.13. The Labute approximate surface area is 167 Å². The van der Waals surface area contributed by atoms with Crippen LogP contribution in [0.3, 0.4) is 0 Å². The van der Waals surface area contributed by atoms with Crippen LogP contribution in [-0.2, 0) is 6.54 Å². The van der Waals surface area contributed by atoms with Crippen molar-refractivity contribution in [1.29, 1.82) is 0 Å². The average molecular weight is 395 g/mol. The van der Waals surface area contributed by atoms with Crippen LogP contribution in [-0.4, -0.2) is 21.5 Å². The molecule has 0 fully saturated rings. The first kappa shape index (κ1) is 18.3. The van der Waals surface area contributed by atoms with Crippen molar-refractivity contribution in [1.82, 2.24) is 9.78 Å². The number of hydrogen-bond acceptors (Lipinski definition) is 4. The molecule has 0 bridgehead atoms. The molecule has 1 aromatic heterocycles. The van der Waals surface area contributed by atoms with Crippen molar-refractivity contribution in [3.8, 4) is 11.1 Å². The number of aryl methyl sites for hydroxylation is 1. The quantitative estimate of drug-likeness (QED) is 0.647. The summed E-state index contributed by atoms with van der Waals surface area (Å²) >= 11 is 6.37. The van der Waals surface area contributed by atoms with Crippen LogP contribution >= 0.6 is 11.6 Å². The number of nitrogens with zero attached hydrogens (tertiary/aromatic N) is 2. The zero-order chi connectivity index (χ0) is 19.8. The molecular weight excluding hydrogens is 376 g/mol. The monoisotopic (exact) mass is 394 g/mol. The lowest BCUT2D eigenvalue weighted by Gasteiger charge is -2.14. The van der Waals surface area contributed by atoms with Gasteiger partial charge < -0.3 is 11.1 Å². The number of hydrogen-bond donors (Lipinski definition) is 2. The number of carbonyl (C=O) groups is 2. The third kappa shape index (κ3) is 3.16. The maximum absolute atomic E-state index is 12.7. The van der Waals surface area contributed by atoms with Gasteiger partial charge in [0.05, 0.1) is 10.7 Å². The fourth-order valence-electron chi connectivity index (χ4n) is 3.45. The number of ketones is 1. The van der Waals surface area contributed by atoms with E-state index in [-0.39, 0.29) is 17.4 Å². The van der Waals surface area contributed by atoms with Crippen LogP contribution in [0.4, 0.5) is 11.4 Å². The number of fused-ring (bicyclic) bond motifs is 1. The summed E-state index contributed by atoms with van der Waals surface area (Å²) in [6.45, 7) is 2.56. The Morgan fingerprint density at radius 2 is 1.96 bits per heavy atom. The highest BCUT2D eigenvalue weighted by Gasteiger charge is 2.23. The van der Waals surface area contributed by atoms with E-state index in [1.54, 1.807) is 16.8 Å². The molecule has 0 saturated carbocycles. The minimum atomic E-state index is -0.353. The first-order chi connectivity index (χ1) is 13.5. The highest BCUT2D eigenvalue weighted by atomic mass is 35.5. The lowest BCUT2D eigenvalue weighted by molar-refractivity contribution is 0.0950. The first-order valence-corrected chi connectivity index (χ1v) is 9.40. The fraction of sp³-hybridized carbons (Fsp3) is 0.190. The summed E-state index contributed by atoms with van der Waals surface area (Å²) in [6.07, 6.45) is 1.24. The zero-order valence-corrected chi connectivity index (χ0v) is 16.1. The van der Waals surface area contributed by atoms with E-state index >= 15 is 0 Å². The summed E-state index contributed by atoms with van der Waals surface area (Å²) < 4.78 is 1.61. The van der Waals surface area contributed by atoms with Crippen molar-refractivity contribution < 1.29 is 9.59 Å². The average Bonchev–Trinajstić information content (AvgIpc) is 3.12. The molecule has 3 aromatic rings. The number of nitrogens with two attached hydrogens (primary N) is 1. The van der Waals surface area contributed by atoms with E-state index in [9.17, 15) is 9.59 Å². The van der Waals surface area contributed by atoms with Gasteiger partial charge in [0.25, 0.3) is 5.91 Å². The van der Waals surface area contributed by atoms with Crippen molar-refractivity contribution in [2.75, 3.05) is 11.1 Å². The van der Waals surface area contributed by atoms with E-state index in [1.807, 2.05) is 37.3 Å². The predicted molar refractivity (Wildman–Crippen MR) is 110 cm³/mol. The van der Waals surface area contributed by atoms with Gasteiger partial charge in [-0.15, -0.1) is 0 Å². The molecule has 4 rings (SSSR count). The molecule has 0 spiro atoms. The number of benzene rings is 2. The van der Waals surface area contributed by atoms with Gasteiger partial charge in [0.2, 0.25) is 0 Å². The molecule has 1 aliphatic heterocycles. The third-order valence-corrected chi connectivity index (χ3v) is 5.39. The SMILES string of the molecule is Cc1c(NC(=O)c2cc3n(n2)CCCC3=O)cccc1-c1cccc(N)c1Cl. The van der Waals surface area contributed by atoms with Crippen molar-refractivity contribution >= 4 is 34.7 Å². The van der Waals surface area contributed by atoms with Gasteiger partial charge in [-0.3, -0.25) is 14.3 Å². The fourth-order valence-corrected chi connectivity index (χ4v) is 3.67. The molecule has 6 nitrogen and oxygen atoms in total. The Morgan fingerprint density at radius 3 is 2.75 bits per heavy atom. The van der Waals surface area contributed by atoms with E-state index in [4.69, 9.17) is 17.3 Å². The van der Waals surface area contributed by atoms with Crippen LogP contribution in [0.1, 0.15) is 39.4 Å². The zero-order valence-electron chi connectivity index (χ0n) is 15.3. The Balaban J connectivity index is 1.65. The van der Waals surface area contributed by atoms with Crippen LogP contribution < -0.4 is 11.1 Å². The van der Waals surface area contributed by atoms with E-state index in [0.29, 0.717) is 35.1 Å². The molecule has 2 aromatic carbocycles. The summed E-state index contributed by atoms with van der Waals surface area (Å²) in [5.41, 5.74) is 10.4. The molecule has 1 aliphatic rings. The summed E-state index contributed by atoms with van der Waals surface area (Å²) in [7, 11) is 0. The summed E-state index contributed by atoms with van der Waals surface area (Å²) in [6, 6.07) is 12.6. The number of amides is 1. The normalized spacial score (nSPS) is 13.3. The second-order valence-electron chi connectivity index (χ2n) is 6.81. The molecule has 28 heavy (non-hydrogen) atoms. The van der Waals surface area contributed by atoms with Gasteiger partial charge in [0.1, 0.15) is 5.69 Å². The summed E-state index contributed by atoms with van der Waals surface area (Å²) in [5, 5.41) is 7.65. The molecular formula is C21H19ClN4O2. The van der Waals surface area contributed by atoms with Gasteiger partial charge in [0.15, 0.2) is 11.5 Å². The number of aromatic nitrogens is 2. The maximum Gasteiger partial charge on any atom is 0.276 e. The number of nitrogen functional groups attached to an aromatic ring is 1. The van der Waals surface area contributed by atoms with E-state index in [0.717, 1.165) is 23.1 Å². The van der Waals surface area contributed by atoms with Crippen molar-refractivity contribution in [3.05, 3.63) is 64.4 Å². The van der Waals surface area contributed by atoms with Gasteiger partial charge in [-0.2, -0.15) is 5.10 Å². The number of anilines is 2. The van der Waals surface area contributed by atoms with Crippen molar-refractivity contribution in [2.45, 2.75) is 26.3 Å². The molecule has 0 saturated heterocycles. The minimum absolute atomic E-state index is 0.0206. The molecule has 3 N–H and O–H groups in total. The second-order valence-corrected chi connectivity index (χ2v) is 7.18. The largest absolute Gasteiger partial charge is 0.398 e. The molecule has 142 valence electrons. The first-order valence-electron chi connectivity index (χ1n) is 9.02. The predicted octanol–water partition coefficient (Wildman–Crippen LogP) is 4.32. The standard InChI is InChI=1S/C21H19ClN4O2/c1-12-13(14-6-2-7-15(23)20(14)22)5-3-8-16(12)24-21(28)17-11-18-19(27)9-4-10-26(18)25-17/h2-3,5-8,11H,4,9-10,23H2,1H3,(H,24,28). The summed E-state index contributed by atoms with van der Waals surface area (Å²) in [5.74, 6) is -0.332. The Kier molecular flexibility index (Phi) is 4.65. The highest BCUT2D eigenvalue weighted by Crippen LogP contribution is 2.36. The number of halogens is 1. The van der Waals surface area contributed by atoms with Crippen LogP contribution in [0.2, 0.25) is 5.02 Å². The molecule has 1 amide bonds. The third-order valence-electron chi connectivity index (χ3n) is 4.97. The molecule has 0 radical (unpaired) electrons. The Hall–Kier alpha value is -3.12. The van der Waals surface area contributed by atoms with Crippen LogP contribution in [0.15, 0.2) is 42.5 Å². The lowest BCUT2D eigenvalue weighted by Crippen LogP contribution is -2.17. The van der Waals surface area contributed by atoms with E-state index in [1.165, 1.54) is 0 Å². The Morgan fingerprint density at radius 1 is 1.21 bits per heavy atom. The van der Waals surface area contributed by atoms with E-state index in [2.05, 4.69) is 10.4 Å². The number of Topliss-reactive ketones (excluding diaryl/α,β-unsaturated/α-hetero) is 1. The van der Waals surface area contributed by atoms with Gasteiger partial charge >= 0.3 is 0 Å². The van der Waals surface area contributed by atoms with E-state index < -0.39 is 0 Å². The molecule has 7 heteroatoms. The molecule has 0 aliphatic carbocycles. The molecule has 0 unspecified atom stereocenters. The van der Waals surface area contributed by atoms with Crippen molar-refractivity contribution in [2.24, 2.45) is 0 Å². The van der Waals surface area contributed by atoms with Crippen molar-refractivity contribution in [3.63, 3.8) is 0 Å². The van der Waals surface area contributed by atoms with Gasteiger partial charge in [-0.1, -0.05) is 35.9 Å². The highest BCUT2D eigenvalue weighted by molar-refractivity contribution is 6.35. The minimum Gasteiger partial charge on any atom is -0.398 e. The molecule has 2 heterocycles. The van der Waals surface area contributed by atoms with Gasteiger partial charge in [-0.05, 0) is 36.6 Å².